The number of carbonyl (C=O) groups is 1. The highest BCUT2D eigenvalue weighted by Gasteiger charge is 2.17. The van der Waals surface area contributed by atoms with Gasteiger partial charge in [-0.3, -0.25) is 4.79 Å². The number of rotatable bonds is 3. The molecule has 2 aromatic carbocycles. The Bertz CT molecular complexity index is 860. The first-order chi connectivity index (χ1) is 11.3. The molecular weight excluding hydrogens is 322 g/mol. The second-order valence-corrected chi connectivity index (χ2v) is 7.49. The summed E-state index contributed by atoms with van der Waals surface area (Å²) in [5.41, 5.74) is 3.25. The normalized spacial score (nSPS) is 11.7. The Morgan fingerprint density at radius 3 is 2.67 bits per heavy atom. The average molecular weight is 342 g/mol. The van der Waals surface area contributed by atoms with Gasteiger partial charge in [-0.1, -0.05) is 44.5 Å². The van der Waals surface area contributed by atoms with Crippen LogP contribution in [-0.2, 0) is 4.79 Å². The quantitative estimate of drug-likeness (QED) is 0.682. The fourth-order valence-electron chi connectivity index (χ4n) is 2.55. The predicted molar refractivity (Wildman–Crippen MR) is 99.2 cm³/mol. The minimum Gasteiger partial charge on any atom is -0.338 e. The van der Waals surface area contributed by atoms with Crippen molar-refractivity contribution in [3.05, 3.63) is 47.5 Å². The molecule has 0 spiro atoms. The zero-order valence-electron chi connectivity index (χ0n) is 14.0. The molecule has 1 aromatic heterocycles. The van der Waals surface area contributed by atoms with Crippen LogP contribution in [0.25, 0.3) is 22.4 Å². The topological polar surface area (TPSA) is 57.8 Å². The summed E-state index contributed by atoms with van der Waals surface area (Å²) in [5.74, 6) is 0.675. The summed E-state index contributed by atoms with van der Waals surface area (Å²) in [7, 11) is 0. The molecule has 0 saturated carbocycles. The van der Waals surface area contributed by atoms with E-state index in [-0.39, 0.29) is 11.3 Å². The number of amides is 1. The van der Waals surface area contributed by atoms with Gasteiger partial charge < -0.3 is 10.3 Å². The Labute approximate surface area is 146 Å². The van der Waals surface area contributed by atoms with E-state index in [1.54, 1.807) is 12.1 Å². The largest absolute Gasteiger partial charge is 0.338 e. The number of para-hydroxylation sites is 2. The number of fused-ring (bicyclic) bond motifs is 1. The van der Waals surface area contributed by atoms with Crippen molar-refractivity contribution in [1.29, 1.82) is 0 Å². The van der Waals surface area contributed by atoms with Gasteiger partial charge in [0.1, 0.15) is 5.82 Å². The number of halogens is 1. The molecule has 0 unspecified atom stereocenters. The van der Waals surface area contributed by atoms with Crippen LogP contribution in [0.2, 0.25) is 5.02 Å². The Hall–Kier alpha value is -2.33. The van der Waals surface area contributed by atoms with Crippen LogP contribution in [0.5, 0.6) is 0 Å². The first-order valence-electron chi connectivity index (χ1n) is 7.86. The number of benzene rings is 2. The van der Waals surface area contributed by atoms with Crippen molar-refractivity contribution in [2.24, 2.45) is 5.41 Å². The zero-order valence-corrected chi connectivity index (χ0v) is 14.7. The third-order valence-corrected chi connectivity index (χ3v) is 3.92. The molecule has 24 heavy (non-hydrogen) atoms. The standard InChI is InChI=1S/C19H20ClN3O/c1-19(2,3)11-17(24)21-12-8-9-14(20)13(10-12)18-22-15-6-4-5-7-16(15)23-18/h4-10H,11H2,1-3H3,(H,21,24)(H,22,23). The molecule has 0 bridgehead atoms. The van der Waals surface area contributed by atoms with E-state index < -0.39 is 0 Å². The van der Waals surface area contributed by atoms with Crippen molar-refractivity contribution in [1.82, 2.24) is 9.97 Å². The predicted octanol–water partition coefficient (Wildman–Crippen LogP) is 5.26. The highest BCUT2D eigenvalue weighted by atomic mass is 35.5. The van der Waals surface area contributed by atoms with Crippen LogP contribution in [-0.4, -0.2) is 15.9 Å². The zero-order chi connectivity index (χ0) is 17.3. The van der Waals surface area contributed by atoms with Crippen molar-refractivity contribution in [3.63, 3.8) is 0 Å². The van der Waals surface area contributed by atoms with Gasteiger partial charge in [0.05, 0.1) is 16.1 Å². The van der Waals surface area contributed by atoms with Gasteiger partial charge >= 0.3 is 0 Å². The van der Waals surface area contributed by atoms with Crippen LogP contribution in [0.15, 0.2) is 42.5 Å². The van der Waals surface area contributed by atoms with Crippen molar-refractivity contribution < 1.29 is 4.79 Å². The Morgan fingerprint density at radius 2 is 1.96 bits per heavy atom. The van der Waals surface area contributed by atoms with Crippen LogP contribution in [0.4, 0.5) is 5.69 Å². The molecule has 4 nitrogen and oxygen atoms in total. The number of nitrogens with zero attached hydrogens (tertiary/aromatic N) is 1. The molecule has 0 aliphatic heterocycles. The number of hydrogen-bond acceptors (Lipinski definition) is 2. The SMILES string of the molecule is CC(C)(C)CC(=O)Nc1ccc(Cl)c(-c2nc3ccccc3[nH]2)c1. The molecule has 1 heterocycles. The Morgan fingerprint density at radius 1 is 1.21 bits per heavy atom. The van der Waals surface area contributed by atoms with Crippen molar-refractivity contribution in [2.75, 3.05) is 5.32 Å². The molecule has 5 heteroatoms. The maximum atomic E-state index is 12.1. The molecule has 1 amide bonds. The van der Waals surface area contributed by atoms with Crippen LogP contribution in [0.3, 0.4) is 0 Å². The average Bonchev–Trinajstić information content (AvgIpc) is 2.91. The number of imidazole rings is 1. The van der Waals surface area contributed by atoms with Crippen LogP contribution >= 0.6 is 11.6 Å². The lowest BCUT2D eigenvalue weighted by Crippen LogP contribution is -2.19. The third kappa shape index (κ3) is 3.77. The summed E-state index contributed by atoms with van der Waals surface area (Å²) in [5, 5.41) is 3.52. The fourth-order valence-corrected chi connectivity index (χ4v) is 2.76. The summed E-state index contributed by atoms with van der Waals surface area (Å²) < 4.78 is 0. The number of H-pyrrole nitrogens is 1. The van der Waals surface area contributed by atoms with Gasteiger partial charge in [-0.05, 0) is 35.7 Å². The van der Waals surface area contributed by atoms with Crippen molar-refractivity contribution >= 4 is 34.2 Å². The number of carbonyl (C=O) groups excluding carboxylic acids is 1. The molecule has 3 rings (SSSR count). The van der Waals surface area contributed by atoms with Crippen LogP contribution < -0.4 is 5.32 Å². The van der Waals surface area contributed by atoms with Gasteiger partial charge in [0.15, 0.2) is 0 Å². The van der Waals surface area contributed by atoms with Gasteiger partial charge in [-0.25, -0.2) is 4.98 Å². The van der Waals surface area contributed by atoms with Crippen molar-refractivity contribution in [2.45, 2.75) is 27.2 Å². The highest BCUT2D eigenvalue weighted by molar-refractivity contribution is 6.33. The monoisotopic (exact) mass is 341 g/mol. The van der Waals surface area contributed by atoms with E-state index in [4.69, 9.17) is 11.6 Å². The lowest BCUT2D eigenvalue weighted by molar-refractivity contribution is -0.117. The minimum absolute atomic E-state index is 0.0135. The number of anilines is 1. The molecular formula is C19H20ClN3O. The molecule has 0 saturated heterocycles. The number of nitrogens with one attached hydrogen (secondary N) is 2. The smallest absolute Gasteiger partial charge is 0.224 e. The summed E-state index contributed by atoms with van der Waals surface area (Å²) >= 11 is 6.33. The molecule has 0 fully saturated rings. The van der Waals surface area contributed by atoms with Gasteiger partial charge in [0.2, 0.25) is 5.91 Å². The fraction of sp³-hybridized carbons (Fsp3) is 0.263. The van der Waals surface area contributed by atoms with Gasteiger partial charge in [-0.2, -0.15) is 0 Å². The molecule has 0 aliphatic carbocycles. The second-order valence-electron chi connectivity index (χ2n) is 7.08. The number of aromatic amines is 1. The lowest BCUT2D eigenvalue weighted by atomic mass is 9.92. The number of hydrogen-bond donors (Lipinski definition) is 2. The van der Waals surface area contributed by atoms with E-state index in [9.17, 15) is 4.79 Å². The lowest BCUT2D eigenvalue weighted by Gasteiger charge is -2.17. The first kappa shape index (κ1) is 16.5. The van der Waals surface area contributed by atoms with E-state index >= 15 is 0 Å². The summed E-state index contributed by atoms with van der Waals surface area (Å²) in [4.78, 5) is 20.0. The molecule has 3 aromatic rings. The molecule has 2 N–H and O–H groups in total. The van der Waals surface area contributed by atoms with E-state index in [0.29, 0.717) is 23.0 Å². The molecule has 124 valence electrons. The maximum Gasteiger partial charge on any atom is 0.224 e. The molecule has 0 aliphatic rings. The Kier molecular flexibility index (Phi) is 4.33. The number of aromatic nitrogens is 2. The summed E-state index contributed by atoms with van der Waals surface area (Å²) in [6, 6.07) is 13.2. The second kappa shape index (κ2) is 6.29. The van der Waals surface area contributed by atoms with E-state index in [0.717, 1.165) is 16.6 Å². The van der Waals surface area contributed by atoms with Gasteiger partial charge in [0, 0.05) is 17.7 Å². The first-order valence-corrected chi connectivity index (χ1v) is 8.24. The highest BCUT2D eigenvalue weighted by Crippen LogP contribution is 2.30. The maximum absolute atomic E-state index is 12.1. The molecule has 0 atom stereocenters. The Balaban J connectivity index is 1.90. The van der Waals surface area contributed by atoms with Gasteiger partial charge in [-0.15, -0.1) is 0 Å². The third-order valence-electron chi connectivity index (χ3n) is 3.59. The molecule has 0 radical (unpaired) electrons. The van der Waals surface area contributed by atoms with E-state index in [1.807, 2.05) is 51.1 Å². The summed E-state index contributed by atoms with van der Waals surface area (Å²) in [6.07, 6.45) is 0.454. The van der Waals surface area contributed by atoms with Gasteiger partial charge in [0.25, 0.3) is 0 Å². The van der Waals surface area contributed by atoms with E-state index in [2.05, 4.69) is 15.3 Å². The minimum atomic E-state index is -0.0575. The van der Waals surface area contributed by atoms with E-state index in [1.165, 1.54) is 0 Å². The van der Waals surface area contributed by atoms with Crippen molar-refractivity contribution in [3.8, 4) is 11.4 Å². The van der Waals surface area contributed by atoms with Crippen LogP contribution in [0, 0.1) is 5.41 Å². The summed E-state index contributed by atoms with van der Waals surface area (Å²) in [6.45, 7) is 6.11. The van der Waals surface area contributed by atoms with Crippen LogP contribution in [0.1, 0.15) is 27.2 Å².